The van der Waals surface area contributed by atoms with Gasteiger partial charge in [-0.1, -0.05) is 41.6 Å². The van der Waals surface area contributed by atoms with Crippen molar-refractivity contribution in [3.05, 3.63) is 52.6 Å². The molecule has 2 rings (SSSR count). The molecule has 0 saturated heterocycles. The fourth-order valence-corrected chi connectivity index (χ4v) is 2.60. The molecule has 0 unspecified atom stereocenters. The van der Waals surface area contributed by atoms with Gasteiger partial charge in [-0.25, -0.2) is 4.98 Å². The van der Waals surface area contributed by atoms with Crippen molar-refractivity contribution in [3.63, 3.8) is 0 Å². The molecule has 1 aromatic carbocycles. The monoisotopic (exact) mass is 308 g/mol. The highest BCUT2D eigenvalue weighted by molar-refractivity contribution is 8.00. The van der Waals surface area contributed by atoms with Crippen molar-refractivity contribution >= 4 is 23.4 Å². The number of thioether (sulfide) groups is 1. The lowest BCUT2D eigenvalue weighted by molar-refractivity contribution is 0.102. The van der Waals surface area contributed by atoms with E-state index in [-0.39, 0.29) is 28.5 Å². The number of carbonyl (C=O) groups is 1. The highest BCUT2D eigenvalue weighted by Crippen LogP contribution is 2.24. The van der Waals surface area contributed by atoms with Gasteiger partial charge in [0.05, 0.1) is 16.9 Å². The third-order valence-corrected chi connectivity index (χ3v) is 3.96. The van der Waals surface area contributed by atoms with Gasteiger partial charge in [-0.2, -0.15) is 10.5 Å². The van der Waals surface area contributed by atoms with E-state index in [0.717, 1.165) is 17.3 Å². The average Bonchev–Trinajstić information content (AvgIpc) is 2.53. The second-order valence-electron chi connectivity index (χ2n) is 4.58. The zero-order chi connectivity index (χ0) is 16.1. The molecule has 108 valence electrons. The summed E-state index contributed by atoms with van der Waals surface area (Å²) in [6, 6.07) is 12.5. The van der Waals surface area contributed by atoms with Crippen LogP contribution in [0.25, 0.3) is 0 Å². The van der Waals surface area contributed by atoms with Crippen LogP contribution in [0, 0.1) is 29.6 Å². The number of benzene rings is 1. The molecular formula is C16H12N4OS. The lowest BCUT2D eigenvalue weighted by atomic mass is 10.1. The topological polar surface area (TPSA) is 104 Å². The molecule has 0 aliphatic heterocycles. The highest BCUT2D eigenvalue weighted by atomic mass is 32.2. The molecular weight excluding hydrogens is 296 g/mol. The van der Waals surface area contributed by atoms with Crippen molar-refractivity contribution in [3.8, 4) is 12.1 Å². The Bertz CT molecular complexity index is 801. The maximum Gasteiger partial charge on any atom is 0.173 e. The van der Waals surface area contributed by atoms with E-state index in [9.17, 15) is 4.79 Å². The molecule has 22 heavy (non-hydrogen) atoms. The van der Waals surface area contributed by atoms with Gasteiger partial charge in [0.25, 0.3) is 0 Å². The Morgan fingerprint density at radius 3 is 2.45 bits per heavy atom. The quantitative estimate of drug-likeness (QED) is 0.688. The third-order valence-electron chi connectivity index (χ3n) is 2.97. The van der Waals surface area contributed by atoms with E-state index in [1.807, 2.05) is 31.2 Å². The summed E-state index contributed by atoms with van der Waals surface area (Å²) in [5, 5.41) is 18.3. The molecule has 0 spiro atoms. The van der Waals surface area contributed by atoms with E-state index in [0.29, 0.717) is 10.6 Å². The van der Waals surface area contributed by atoms with Gasteiger partial charge in [-0.15, -0.1) is 0 Å². The summed E-state index contributed by atoms with van der Waals surface area (Å²) in [5.74, 6) is 0.154. The number of ketones is 1. The number of nitrogens with zero attached hydrogens (tertiary/aromatic N) is 3. The first-order valence-corrected chi connectivity index (χ1v) is 7.37. The molecule has 0 saturated carbocycles. The van der Waals surface area contributed by atoms with Crippen LogP contribution in [-0.4, -0.2) is 16.5 Å². The Balaban J connectivity index is 2.16. The normalized spacial score (nSPS) is 9.77. The lowest BCUT2D eigenvalue weighted by Crippen LogP contribution is -2.04. The van der Waals surface area contributed by atoms with Crippen molar-refractivity contribution in [2.45, 2.75) is 11.9 Å². The fraction of sp³-hybridized carbons (Fsp3) is 0.125. The van der Waals surface area contributed by atoms with E-state index < -0.39 is 0 Å². The zero-order valence-corrected chi connectivity index (χ0v) is 12.6. The summed E-state index contributed by atoms with van der Waals surface area (Å²) < 4.78 is 0. The standard InChI is InChI=1S/C16H12N4OS/c1-10-2-4-11(5-3-10)14(21)9-22-16-13(8-18)6-12(7-17)15(19)20-16/h2-6H,9H2,1H3,(H2,19,20). The van der Waals surface area contributed by atoms with Crippen LogP contribution in [0.2, 0.25) is 0 Å². The molecule has 2 N–H and O–H groups in total. The first kappa shape index (κ1) is 15.6. The van der Waals surface area contributed by atoms with Gasteiger partial charge in [0.1, 0.15) is 23.0 Å². The minimum absolute atomic E-state index is 0.0568. The summed E-state index contributed by atoms with van der Waals surface area (Å²) in [6.07, 6.45) is 0. The molecule has 0 aliphatic carbocycles. The van der Waals surface area contributed by atoms with Crippen LogP contribution in [0.15, 0.2) is 35.4 Å². The Morgan fingerprint density at radius 1 is 1.23 bits per heavy atom. The van der Waals surface area contributed by atoms with Gasteiger partial charge in [0.15, 0.2) is 5.78 Å². The summed E-state index contributed by atoms with van der Waals surface area (Å²) >= 11 is 1.14. The summed E-state index contributed by atoms with van der Waals surface area (Å²) in [7, 11) is 0. The van der Waals surface area contributed by atoms with Gasteiger partial charge in [0, 0.05) is 5.56 Å². The molecule has 0 atom stereocenters. The van der Waals surface area contributed by atoms with Crippen LogP contribution in [0.4, 0.5) is 5.82 Å². The number of pyridine rings is 1. The average molecular weight is 308 g/mol. The molecule has 0 amide bonds. The fourth-order valence-electron chi connectivity index (χ4n) is 1.75. The van der Waals surface area contributed by atoms with Crippen LogP contribution >= 0.6 is 11.8 Å². The summed E-state index contributed by atoms with van der Waals surface area (Å²) in [6.45, 7) is 1.95. The van der Waals surface area contributed by atoms with Crippen LogP contribution in [0.5, 0.6) is 0 Å². The minimum atomic E-state index is -0.0568. The van der Waals surface area contributed by atoms with Gasteiger partial charge >= 0.3 is 0 Å². The lowest BCUT2D eigenvalue weighted by Gasteiger charge is -2.05. The van der Waals surface area contributed by atoms with Crippen molar-refractivity contribution in [1.82, 2.24) is 4.98 Å². The number of aromatic nitrogens is 1. The molecule has 0 radical (unpaired) electrons. The number of hydrogen-bond acceptors (Lipinski definition) is 6. The number of nitriles is 2. The number of hydrogen-bond donors (Lipinski definition) is 1. The number of aryl methyl sites for hydroxylation is 1. The van der Waals surface area contributed by atoms with Crippen molar-refractivity contribution in [1.29, 1.82) is 10.5 Å². The second kappa shape index (κ2) is 6.75. The molecule has 0 bridgehead atoms. The third kappa shape index (κ3) is 3.43. The number of nitrogen functional groups attached to an aromatic ring is 1. The van der Waals surface area contributed by atoms with Gasteiger partial charge in [-0.05, 0) is 13.0 Å². The molecule has 0 fully saturated rings. The first-order chi connectivity index (χ1) is 10.5. The highest BCUT2D eigenvalue weighted by Gasteiger charge is 2.13. The van der Waals surface area contributed by atoms with Gasteiger partial charge < -0.3 is 5.73 Å². The number of nitrogens with two attached hydrogens (primary N) is 1. The zero-order valence-electron chi connectivity index (χ0n) is 11.8. The van der Waals surface area contributed by atoms with Crippen LogP contribution in [0.1, 0.15) is 27.0 Å². The second-order valence-corrected chi connectivity index (χ2v) is 5.54. The van der Waals surface area contributed by atoms with E-state index in [1.165, 1.54) is 6.07 Å². The van der Waals surface area contributed by atoms with Gasteiger partial charge in [-0.3, -0.25) is 4.79 Å². The predicted molar refractivity (Wildman–Crippen MR) is 84.3 cm³/mol. The molecule has 2 aromatic rings. The van der Waals surface area contributed by atoms with E-state index >= 15 is 0 Å². The summed E-state index contributed by atoms with van der Waals surface area (Å²) in [4.78, 5) is 16.2. The van der Waals surface area contributed by atoms with Crippen LogP contribution in [0.3, 0.4) is 0 Å². The number of anilines is 1. The van der Waals surface area contributed by atoms with Crippen LogP contribution in [-0.2, 0) is 0 Å². The number of carbonyl (C=O) groups excluding carboxylic acids is 1. The van der Waals surface area contributed by atoms with Crippen molar-refractivity contribution < 1.29 is 4.79 Å². The Morgan fingerprint density at radius 2 is 1.86 bits per heavy atom. The van der Waals surface area contributed by atoms with Crippen LogP contribution < -0.4 is 5.73 Å². The summed E-state index contributed by atoms with van der Waals surface area (Å²) in [5.41, 5.74) is 7.74. The molecule has 1 aromatic heterocycles. The predicted octanol–water partition coefficient (Wildman–Crippen LogP) is 2.69. The maximum atomic E-state index is 12.1. The Hall–Kier alpha value is -2.83. The van der Waals surface area contributed by atoms with E-state index in [4.69, 9.17) is 16.3 Å². The Kier molecular flexibility index (Phi) is 4.77. The number of Topliss-reactive ketones (excluding diaryl/α,β-unsaturated/α-hetero) is 1. The largest absolute Gasteiger partial charge is 0.383 e. The SMILES string of the molecule is Cc1ccc(C(=O)CSc2nc(N)c(C#N)cc2C#N)cc1. The molecule has 6 heteroatoms. The number of rotatable bonds is 4. The van der Waals surface area contributed by atoms with E-state index in [1.54, 1.807) is 12.1 Å². The Labute approximate surface area is 132 Å². The minimum Gasteiger partial charge on any atom is -0.383 e. The molecule has 1 heterocycles. The maximum absolute atomic E-state index is 12.1. The first-order valence-electron chi connectivity index (χ1n) is 6.38. The molecule has 5 nitrogen and oxygen atoms in total. The van der Waals surface area contributed by atoms with Crippen molar-refractivity contribution in [2.75, 3.05) is 11.5 Å². The molecule has 0 aliphatic rings. The van der Waals surface area contributed by atoms with Gasteiger partial charge in [0.2, 0.25) is 0 Å². The van der Waals surface area contributed by atoms with Crippen molar-refractivity contribution in [2.24, 2.45) is 0 Å². The smallest absolute Gasteiger partial charge is 0.173 e. The van der Waals surface area contributed by atoms with E-state index in [2.05, 4.69) is 4.98 Å².